The topological polar surface area (TPSA) is 85.4 Å². The first-order chi connectivity index (χ1) is 16.1. The minimum atomic E-state index is -3.93. The lowest BCUT2D eigenvalue weighted by atomic mass is 9.86. The van der Waals surface area contributed by atoms with Crippen molar-refractivity contribution >= 4 is 33.1 Å². The van der Waals surface area contributed by atoms with E-state index in [2.05, 4.69) is 23.6 Å². The summed E-state index contributed by atoms with van der Waals surface area (Å²) in [6.07, 6.45) is 3.61. The lowest BCUT2D eigenvalue weighted by Gasteiger charge is -2.32. The summed E-state index contributed by atoms with van der Waals surface area (Å²) in [7, 11) is -3.93. The zero-order chi connectivity index (χ0) is 24.5. The molecule has 3 aromatic rings. The van der Waals surface area contributed by atoms with E-state index in [4.69, 9.17) is 16.3 Å². The fourth-order valence-corrected chi connectivity index (χ4v) is 5.60. The highest BCUT2D eigenvalue weighted by molar-refractivity contribution is 7.92. The van der Waals surface area contributed by atoms with Crippen molar-refractivity contribution in [1.29, 1.82) is 0 Å². The standard InChI is InChI=1S/C26H27ClN2O4S/c1-16-4-5-20(15-28-16)26(30)24-14-22(27)8-11-25(24)29-34(31,32)23-9-6-19(7-10-23)21-12-17(2)33-18(3)13-21/h4-11,14-15,17-18,21,29H,12-13H2,1-3H3/t17-,18+,21?. The molecule has 6 nitrogen and oxygen atoms in total. The Bertz CT molecular complexity index is 1280. The summed E-state index contributed by atoms with van der Waals surface area (Å²) in [5.41, 5.74) is 2.53. The van der Waals surface area contributed by atoms with Crippen LogP contribution in [0.5, 0.6) is 0 Å². The van der Waals surface area contributed by atoms with E-state index < -0.39 is 10.0 Å². The third-order valence-electron chi connectivity index (χ3n) is 6.00. The van der Waals surface area contributed by atoms with E-state index >= 15 is 0 Å². The van der Waals surface area contributed by atoms with Gasteiger partial charge in [0.1, 0.15) is 0 Å². The average Bonchev–Trinajstić information content (AvgIpc) is 2.79. The lowest BCUT2D eigenvalue weighted by molar-refractivity contribution is -0.0380. The van der Waals surface area contributed by atoms with Crippen LogP contribution in [0.1, 0.15) is 59.8 Å². The van der Waals surface area contributed by atoms with Gasteiger partial charge in [0.15, 0.2) is 5.78 Å². The van der Waals surface area contributed by atoms with Crippen molar-refractivity contribution in [1.82, 2.24) is 4.98 Å². The maximum Gasteiger partial charge on any atom is 0.261 e. The number of carbonyl (C=O) groups excluding carboxylic acids is 1. The zero-order valence-electron chi connectivity index (χ0n) is 19.3. The van der Waals surface area contributed by atoms with Crippen LogP contribution >= 0.6 is 11.6 Å². The molecular formula is C26H27ClN2O4S. The number of ketones is 1. The third-order valence-corrected chi connectivity index (χ3v) is 7.62. The second-order valence-corrected chi connectivity index (χ2v) is 10.9. The fourth-order valence-electron chi connectivity index (χ4n) is 4.35. The fraction of sp³-hybridized carbons (Fsp3) is 0.308. The number of aromatic nitrogens is 1. The molecule has 1 fully saturated rings. The first-order valence-corrected chi connectivity index (χ1v) is 13.0. The largest absolute Gasteiger partial charge is 0.376 e. The van der Waals surface area contributed by atoms with Crippen molar-refractivity contribution in [2.75, 3.05) is 4.72 Å². The van der Waals surface area contributed by atoms with Gasteiger partial charge in [-0.3, -0.25) is 14.5 Å². The predicted molar refractivity (Wildman–Crippen MR) is 133 cm³/mol. The van der Waals surface area contributed by atoms with Crippen LogP contribution in [0.2, 0.25) is 5.02 Å². The van der Waals surface area contributed by atoms with Crippen molar-refractivity contribution < 1.29 is 17.9 Å². The molecule has 1 unspecified atom stereocenters. The summed E-state index contributed by atoms with van der Waals surface area (Å²) >= 11 is 6.12. The van der Waals surface area contributed by atoms with Gasteiger partial charge in [0.2, 0.25) is 0 Å². The van der Waals surface area contributed by atoms with Gasteiger partial charge in [0.25, 0.3) is 10.0 Å². The lowest BCUT2D eigenvalue weighted by Crippen LogP contribution is -2.28. The average molecular weight is 499 g/mol. The Morgan fingerprint density at radius 3 is 2.32 bits per heavy atom. The Morgan fingerprint density at radius 1 is 1.03 bits per heavy atom. The van der Waals surface area contributed by atoms with E-state index in [1.54, 1.807) is 30.3 Å². The number of nitrogens with zero attached hydrogens (tertiary/aromatic N) is 1. The van der Waals surface area contributed by atoms with Crippen LogP contribution in [0.15, 0.2) is 65.7 Å². The zero-order valence-corrected chi connectivity index (χ0v) is 20.9. The maximum absolute atomic E-state index is 13.1. The van der Waals surface area contributed by atoms with Crippen LogP contribution in [0, 0.1) is 6.92 Å². The van der Waals surface area contributed by atoms with Gasteiger partial charge in [-0.25, -0.2) is 8.42 Å². The van der Waals surface area contributed by atoms with E-state index in [0.717, 1.165) is 24.1 Å². The molecule has 34 heavy (non-hydrogen) atoms. The van der Waals surface area contributed by atoms with Gasteiger partial charge >= 0.3 is 0 Å². The van der Waals surface area contributed by atoms with Gasteiger partial charge < -0.3 is 4.74 Å². The monoisotopic (exact) mass is 498 g/mol. The van der Waals surface area contributed by atoms with Crippen LogP contribution in [0.4, 0.5) is 5.69 Å². The van der Waals surface area contributed by atoms with Gasteiger partial charge in [0.05, 0.1) is 22.8 Å². The second kappa shape index (κ2) is 9.86. The Morgan fingerprint density at radius 2 is 1.71 bits per heavy atom. The molecule has 0 amide bonds. The predicted octanol–water partition coefficient (Wildman–Crippen LogP) is 5.75. The van der Waals surface area contributed by atoms with Crippen molar-refractivity contribution in [3.05, 3.63) is 88.2 Å². The molecule has 4 rings (SSSR count). The van der Waals surface area contributed by atoms with E-state index in [-0.39, 0.29) is 34.1 Å². The molecule has 0 spiro atoms. The number of halogens is 1. The molecule has 178 valence electrons. The maximum atomic E-state index is 13.1. The molecule has 1 N–H and O–H groups in total. The number of sulfonamides is 1. The Balaban J connectivity index is 1.59. The van der Waals surface area contributed by atoms with Crippen molar-refractivity contribution in [3.8, 4) is 0 Å². The second-order valence-electron chi connectivity index (χ2n) is 8.81. The SMILES string of the molecule is Cc1ccc(C(=O)c2cc(Cl)ccc2NS(=O)(=O)c2ccc(C3C[C@@H](C)O[C@@H](C)C3)cc2)cn1. The van der Waals surface area contributed by atoms with E-state index in [1.165, 1.54) is 18.3 Å². The summed E-state index contributed by atoms with van der Waals surface area (Å²) in [4.78, 5) is 17.4. The summed E-state index contributed by atoms with van der Waals surface area (Å²) in [6, 6.07) is 14.8. The van der Waals surface area contributed by atoms with Gasteiger partial charge in [-0.05, 0) is 87.6 Å². The number of anilines is 1. The minimum absolute atomic E-state index is 0.120. The number of ether oxygens (including phenoxy) is 1. The molecule has 0 saturated carbocycles. The highest BCUT2D eigenvalue weighted by atomic mass is 35.5. The Kier molecular flexibility index (Phi) is 7.07. The third kappa shape index (κ3) is 5.49. The van der Waals surface area contributed by atoms with Crippen LogP contribution in [0.3, 0.4) is 0 Å². The molecule has 0 aliphatic carbocycles. The number of rotatable bonds is 6. The molecule has 0 radical (unpaired) electrons. The smallest absolute Gasteiger partial charge is 0.261 e. The van der Waals surface area contributed by atoms with Gasteiger partial charge in [-0.15, -0.1) is 0 Å². The summed E-state index contributed by atoms with van der Waals surface area (Å²) in [5.74, 6) is -0.0436. The summed E-state index contributed by atoms with van der Waals surface area (Å²) in [5, 5.41) is 0.329. The summed E-state index contributed by atoms with van der Waals surface area (Å²) in [6.45, 7) is 5.94. The highest BCUT2D eigenvalue weighted by Crippen LogP contribution is 2.34. The van der Waals surface area contributed by atoms with Gasteiger partial charge in [0, 0.05) is 28.0 Å². The molecule has 1 saturated heterocycles. The van der Waals surface area contributed by atoms with Crippen LogP contribution < -0.4 is 4.72 Å². The number of pyridine rings is 1. The normalized spacial score (nSPS) is 20.6. The highest BCUT2D eigenvalue weighted by Gasteiger charge is 2.26. The molecule has 1 aliphatic rings. The molecule has 3 atom stereocenters. The van der Waals surface area contributed by atoms with Crippen LogP contribution in [0.25, 0.3) is 0 Å². The first-order valence-electron chi connectivity index (χ1n) is 11.2. The van der Waals surface area contributed by atoms with E-state index in [0.29, 0.717) is 16.5 Å². The van der Waals surface area contributed by atoms with Gasteiger partial charge in [-0.2, -0.15) is 0 Å². The van der Waals surface area contributed by atoms with Gasteiger partial charge in [-0.1, -0.05) is 23.7 Å². The van der Waals surface area contributed by atoms with Crippen molar-refractivity contribution in [2.45, 2.75) is 56.6 Å². The number of nitrogens with one attached hydrogen (secondary N) is 1. The van der Waals surface area contributed by atoms with Crippen molar-refractivity contribution in [3.63, 3.8) is 0 Å². The quantitative estimate of drug-likeness (QED) is 0.437. The molecule has 8 heteroatoms. The molecular weight excluding hydrogens is 472 g/mol. The molecule has 2 heterocycles. The van der Waals surface area contributed by atoms with E-state index in [1.807, 2.05) is 19.1 Å². The van der Waals surface area contributed by atoms with Crippen LogP contribution in [-0.2, 0) is 14.8 Å². The number of aryl methyl sites for hydroxylation is 1. The molecule has 2 aromatic carbocycles. The number of hydrogen-bond donors (Lipinski definition) is 1. The summed E-state index contributed by atoms with van der Waals surface area (Å²) < 4.78 is 34.7. The number of benzene rings is 2. The first kappa shape index (κ1) is 24.4. The molecule has 1 aliphatic heterocycles. The number of carbonyl (C=O) groups is 1. The van der Waals surface area contributed by atoms with Crippen LogP contribution in [-0.4, -0.2) is 31.4 Å². The molecule has 0 bridgehead atoms. The van der Waals surface area contributed by atoms with E-state index in [9.17, 15) is 13.2 Å². The Labute approximate surface area is 205 Å². The minimum Gasteiger partial charge on any atom is -0.376 e. The number of hydrogen-bond acceptors (Lipinski definition) is 5. The molecule has 1 aromatic heterocycles. The Hall–Kier alpha value is -2.74. The van der Waals surface area contributed by atoms with Crippen molar-refractivity contribution in [2.24, 2.45) is 0 Å².